The minimum atomic E-state index is 0.149. The molecule has 160 valence electrons. The number of ketones is 1. The first-order valence-corrected chi connectivity index (χ1v) is 10.2. The van der Waals surface area contributed by atoms with E-state index in [4.69, 9.17) is 4.74 Å². The van der Waals surface area contributed by atoms with Gasteiger partial charge in [0.2, 0.25) is 0 Å². The molecule has 0 saturated heterocycles. The molecule has 0 aromatic rings. The molecule has 29 heavy (non-hydrogen) atoms. The van der Waals surface area contributed by atoms with E-state index in [2.05, 4.69) is 53.3 Å². The number of ether oxygens (including phenoxy) is 1. The lowest BCUT2D eigenvalue weighted by Gasteiger charge is -2.09. The average molecular weight is 397 g/mol. The Morgan fingerprint density at radius 1 is 1.03 bits per heavy atom. The van der Waals surface area contributed by atoms with Crippen molar-refractivity contribution in [3.63, 3.8) is 0 Å². The highest BCUT2D eigenvalue weighted by Gasteiger charge is 2.10. The molecule has 2 nitrogen and oxygen atoms in total. The molecular weight excluding hydrogens is 356 g/mol. The fraction of sp³-hybridized carbons (Fsp3) is 0.370. The number of Topliss-reactive ketones (excluding diaryl/α,β-unsaturated/α-hetero) is 1. The topological polar surface area (TPSA) is 26.3 Å². The van der Waals surface area contributed by atoms with Gasteiger partial charge in [-0.25, -0.2) is 0 Å². The number of allylic oxidation sites excluding steroid dienone is 8. The third kappa shape index (κ3) is 19.9. The lowest BCUT2D eigenvalue weighted by Crippen LogP contribution is -2.06. The fourth-order valence-corrected chi connectivity index (χ4v) is 2.17. The summed E-state index contributed by atoms with van der Waals surface area (Å²) >= 11 is 0. The van der Waals surface area contributed by atoms with E-state index in [0.29, 0.717) is 30.3 Å². The van der Waals surface area contributed by atoms with Crippen LogP contribution in [0, 0.1) is 5.92 Å². The maximum atomic E-state index is 11.9. The molecule has 0 aromatic heterocycles. The maximum Gasteiger partial charge on any atom is 0.162 e. The molecular formula is C27H40O2. The molecule has 0 aliphatic heterocycles. The van der Waals surface area contributed by atoms with Crippen molar-refractivity contribution >= 4 is 5.78 Å². The van der Waals surface area contributed by atoms with Crippen LogP contribution < -0.4 is 0 Å². The van der Waals surface area contributed by atoms with Crippen LogP contribution in [0.25, 0.3) is 0 Å². The Hall–Kier alpha value is -2.61. The van der Waals surface area contributed by atoms with Gasteiger partial charge in [0.05, 0.1) is 0 Å². The standard InChI is InChI=1S/C18H28O.C9H12O/c1-6-8-10-15(3)12-13-17(5)18(19)14-16(4)11-9-7-2;1-4-6-7-9(3)10-8-5-2/h6,12-13,16H,1,3,5,7-11,14H2,2,4H3;4-7H,1-3,8H2/b13-12-;7-6-. The van der Waals surface area contributed by atoms with E-state index >= 15 is 0 Å². The summed E-state index contributed by atoms with van der Waals surface area (Å²) in [5.74, 6) is 1.22. The SMILES string of the molecule is C=C/C=C\C(=C)OCC=C.C=CCCC(=C)/C=C\C(=C)C(=O)CC(C)CCCC. The fourth-order valence-electron chi connectivity index (χ4n) is 2.17. The zero-order chi connectivity index (χ0) is 22.5. The molecule has 0 fully saturated rings. The van der Waals surface area contributed by atoms with Crippen LogP contribution in [-0.2, 0) is 9.53 Å². The summed E-state index contributed by atoms with van der Waals surface area (Å²) in [4.78, 5) is 11.9. The van der Waals surface area contributed by atoms with Crippen molar-refractivity contribution in [3.8, 4) is 0 Å². The predicted molar refractivity (Wildman–Crippen MR) is 130 cm³/mol. The number of carbonyl (C=O) groups is 1. The Labute approximate surface area is 179 Å². The molecule has 2 heteroatoms. The first kappa shape index (κ1) is 28.6. The van der Waals surface area contributed by atoms with Crippen molar-refractivity contribution in [2.24, 2.45) is 5.92 Å². The molecule has 1 unspecified atom stereocenters. The molecule has 0 amide bonds. The van der Waals surface area contributed by atoms with E-state index in [1.54, 1.807) is 30.4 Å². The summed E-state index contributed by atoms with van der Waals surface area (Å²) in [5, 5.41) is 0. The second-order valence-electron chi connectivity index (χ2n) is 6.88. The summed E-state index contributed by atoms with van der Waals surface area (Å²) in [7, 11) is 0. The van der Waals surface area contributed by atoms with Gasteiger partial charge >= 0.3 is 0 Å². The van der Waals surface area contributed by atoms with E-state index in [9.17, 15) is 4.79 Å². The maximum absolute atomic E-state index is 11.9. The van der Waals surface area contributed by atoms with Crippen molar-refractivity contribution < 1.29 is 9.53 Å². The van der Waals surface area contributed by atoms with Crippen LogP contribution >= 0.6 is 0 Å². The second kappa shape index (κ2) is 20.1. The van der Waals surface area contributed by atoms with E-state index in [-0.39, 0.29) is 5.78 Å². The normalized spacial score (nSPS) is 11.2. The highest BCUT2D eigenvalue weighted by molar-refractivity contribution is 5.97. The van der Waals surface area contributed by atoms with Crippen LogP contribution in [0.15, 0.2) is 98.9 Å². The summed E-state index contributed by atoms with van der Waals surface area (Å²) in [6, 6.07) is 0. The zero-order valence-corrected chi connectivity index (χ0v) is 18.6. The Bertz CT molecular complexity index is 602. The van der Waals surface area contributed by atoms with Crippen molar-refractivity contribution in [3.05, 3.63) is 98.9 Å². The third-order valence-electron chi connectivity index (χ3n) is 3.94. The number of hydrogen-bond acceptors (Lipinski definition) is 2. The van der Waals surface area contributed by atoms with Crippen molar-refractivity contribution in [2.75, 3.05) is 6.61 Å². The Kier molecular flexibility index (Phi) is 19.9. The van der Waals surface area contributed by atoms with Gasteiger partial charge in [0.15, 0.2) is 5.78 Å². The number of rotatable bonds is 16. The van der Waals surface area contributed by atoms with E-state index < -0.39 is 0 Å². The van der Waals surface area contributed by atoms with Gasteiger partial charge in [-0.2, -0.15) is 0 Å². The smallest absolute Gasteiger partial charge is 0.162 e. The molecule has 0 aliphatic rings. The molecule has 1 atom stereocenters. The van der Waals surface area contributed by atoms with E-state index in [0.717, 1.165) is 24.8 Å². The molecule has 0 heterocycles. The van der Waals surface area contributed by atoms with Crippen LogP contribution in [0.3, 0.4) is 0 Å². The molecule has 0 aliphatic carbocycles. The minimum Gasteiger partial charge on any atom is -0.490 e. The quantitative estimate of drug-likeness (QED) is 0.115. The molecule has 0 radical (unpaired) electrons. The Morgan fingerprint density at radius 3 is 2.28 bits per heavy atom. The van der Waals surface area contributed by atoms with Crippen LogP contribution in [0.2, 0.25) is 0 Å². The first-order chi connectivity index (χ1) is 13.8. The minimum absolute atomic E-state index is 0.149. The van der Waals surface area contributed by atoms with Crippen LogP contribution in [0.5, 0.6) is 0 Å². The molecule has 0 spiro atoms. The summed E-state index contributed by atoms with van der Waals surface area (Å²) in [6.07, 6.45) is 18.3. The highest BCUT2D eigenvalue weighted by atomic mass is 16.5. The zero-order valence-electron chi connectivity index (χ0n) is 18.6. The largest absolute Gasteiger partial charge is 0.490 e. The Morgan fingerprint density at radius 2 is 1.72 bits per heavy atom. The molecule has 0 N–H and O–H groups in total. The highest BCUT2D eigenvalue weighted by Crippen LogP contribution is 2.15. The van der Waals surface area contributed by atoms with Gasteiger partial charge < -0.3 is 4.74 Å². The van der Waals surface area contributed by atoms with E-state index in [1.165, 1.54) is 12.8 Å². The lowest BCUT2D eigenvalue weighted by atomic mass is 9.95. The third-order valence-corrected chi connectivity index (χ3v) is 3.94. The monoisotopic (exact) mass is 396 g/mol. The van der Waals surface area contributed by atoms with Crippen LogP contribution in [0.4, 0.5) is 0 Å². The van der Waals surface area contributed by atoms with Gasteiger partial charge in [0.1, 0.15) is 12.4 Å². The summed E-state index contributed by atoms with van der Waals surface area (Å²) in [6.45, 7) is 26.9. The summed E-state index contributed by atoms with van der Waals surface area (Å²) in [5.41, 5.74) is 1.59. The van der Waals surface area contributed by atoms with Gasteiger partial charge in [-0.3, -0.25) is 4.79 Å². The van der Waals surface area contributed by atoms with Gasteiger partial charge in [0.25, 0.3) is 0 Å². The average Bonchev–Trinajstić information content (AvgIpc) is 2.71. The first-order valence-electron chi connectivity index (χ1n) is 10.2. The van der Waals surface area contributed by atoms with Gasteiger partial charge in [-0.15, -0.1) is 6.58 Å². The Balaban J connectivity index is 0. The number of hydrogen-bond donors (Lipinski definition) is 0. The van der Waals surface area contributed by atoms with Crippen molar-refractivity contribution in [1.29, 1.82) is 0 Å². The van der Waals surface area contributed by atoms with Gasteiger partial charge in [-0.1, -0.05) is 108 Å². The predicted octanol–water partition coefficient (Wildman–Crippen LogP) is 7.85. The summed E-state index contributed by atoms with van der Waals surface area (Å²) < 4.78 is 5.05. The molecule has 0 bridgehead atoms. The number of unbranched alkanes of at least 4 members (excludes halogenated alkanes) is 1. The number of carbonyl (C=O) groups excluding carboxylic acids is 1. The van der Waals surface area contributed by atoms with Crippen LogP contribution in [0.1, 0.15) is 52.4 Å². The van der Waals surface area contributed by atoms with Crippen LogP contribution in [-0.4, -0.2) is 12.4 Å². The van der Waals surface area contributed by atoms with Crippen molar-refractivity contribution in [2.45, 2.75) is 52.4 Å². The lowest BCUT2D eigenvalue weighted by molar-refractivity contribution is -0.116. The molecule has 0 aromatic carbocycles. The van der Waals surface area contributed by atoms with E-state index in [1.807, 2.05) is 12.2 Å². The van der Waals surface area contributed by atoms with Crippen molar-refractivity contribution in [1.82, 2.24) is 0 Å². The second-order valence-corrected chi connectivity index (χ2v) is 6.88. The molecule has 0 rings (SSSR count). The molecule has 0 saturated carbocycles. The van der Waals surface area contributed by atoms with Gasteiger partial charge in [-0.05, 0) is 24.8 Å². The van der Waals surface area contributed by atoms with Gasteiger partial charge in [0, 0.05) is 12.0 Å².